The molecule has 4 nitrogen and oxygen atoms in total. The van der Waals surface area contributed by atoms with E-state index in [1.807, 2.05) is 12.1 Å². The summed E-state index contributed by atoms with van der Waals surface area (Å²) >= 11 is 0. The minimum Gasteiger partial charge on any atom is -0.384 e. The SMILES string of the molecule is Cc1cc(C(=N)N)ccc1CN1CCCC(N(C)C)C1. The van der Waals surface area contributed by atoms with E-state index in [0.29, 0.717) is 6.04 Å². The van der Waals surface area contributed by atoms with Crippen molar-refractivity contribution in [3.05, 3.63) is 34.9 Å². The third kappa shape index (κ3) is 3.58. The highest BCUT2D eigenvalue weighted by Crippen LogP contribution is 2.19. The first kappa shape index (κ1) is 15.0. The number of piperidine rings is 1. The van der Waals surface area contributed by atoms with E-state index >= 15 is 0 Å². The van der Waals surface area contributed by atoms with Crippen LogP contribution in [0.3, 0.4) is 0 Å². The number of rotatable bonds is 4. The molecule has 0 aromatic heterocycles. The predicted octanol–water partition coefficient (Wildman–Crippen LogP) is 1.81. The van der Waals surface area contributed by atoms with Gasteiger partial charge in [-0.3, -0.25) is 10.3 Å². The highest BCUT2D eigenvalue weighted by Gasteiger charge is 2.21. The van der Waals surface area contributed by atoms with Crippen LogP contribution in [0.1, 0.15) is 29.5 Å². The molecule has 0 saturated carbocycles. The fraction of sp³-hybridized carbons (Fsp3) is 0.562. The van der Waals surface area contributed by atoms with Gasteiger partial charge in [-0.05, 0) is 57.6 Å². The summed E-state index contributed by atoms with van der Waals surface area (Å²) in [7, 11) is 4.34. The Bertz CT molecular complexity index is 481. The first-order valence-corrected chi connectivity index (χ1v) is 7.30. The maximum atomic E-state index is 7.49. The number of amidine groups is 1. The van der Waals surface area contributed by atoms with Crippen LogP contribution in [-0.2, 0) is 6.54 Å². The Kier molecular flexibility index (Phi) is 4.78. The van der Waals surface area contributed by atoms with E-state index in [0.717, 1.165) is 18.7 Å². The third-order valence-corrected chi connectivity index (χ3v) is 4.26. The zero-order chi connectivity index (χ0) is 14.7. The third-order valence-electron chi connectivity index (χ3n) is 4.26. The predicted molar refractivity (Wildman–Crippen MR) is 84.2 cm³/mol. The van der Waals surface area contributed by atoms with Gasteiger partial charge in [-0.25, -0.2) is 0 Å². The summed E-state index contributed by atoms with van der Waals surface area (Å²) in [6.45, 7) is 5.42. The Labute approximate surface area is 122 Å². The van der Waals surface area contributed by atoms with Crippen molar-refractivity contribution in [1.82, 2.24) is 9.80 Å². The summed E-state index contributed by atoms with van der Waals surface area (Å²) in [6, 6.07) is 6.76. The van der Waals surface area contributed by atoms with Crippen LogP contribution in [0.5, 0.6) is 0 Å². The van der Waals surface area contributed by atoms with Crippen LogP contribution in [0, 0.1) is 12.3 Å². The first-order valence-electron chi connectivity index (χ1n) is 7.30. The van der Waals surface area contributed by atoms with Gasteiger partial charge in [-0.1, -0.05) is 12.1 Å². The lowest BCUT2D eigenvalue weighted by Crippen LogP contribution is -2.44. The highest BCUT2D eigenvalue weighted by atomic mass is 15.2. The molecule has 0 amide bonds. The number of nitrogen functional groups attached to an aromatic ring is 1. The van der Waals surface area contributed by atoms with Gasteiger partial charge in [-0.2, -0.15) is 0 Å². The van der Waals surface area contributed by atoms with Crippen LogP contribution in [0.25, 0.3) is 0 Å². The Morgan fingerprint density at radius 2 is 2.20 bits per heavy atom. The van der Waals surface area contributed by atoms with E-state index in [-0.39, 0.29) is 5.84 Å². The second-order valence-electron chi connectivity index (χ2n) is 6.05. The van der Waals surface area contributed by atoms with Crippen molar-refractivity contribution in [2.45, 2.75) is 32.4 Å². The van der Waals surface area contributed by atoms with Gasteiger partial charge in [0.1, 0.15) is 5.84 Å². The molecular formula is C16H26N4. The molecule has 1 atom stereocenters. The van der Waals surface area contributed by atoms with Crippen molar-refractivity contribution >= 4 is 5.84 Å². The van der Waals surface area contributed by atoms with E-state index in [1.165, 1.54) is 30.5 Å². The van der Waals surface area contributed by atoms with Gasteiger partial charge < -0.3 is 10.6 Å². The average molecular weight is 274 g/mol. The molecule has 0 radical (unpaired) electrons. The van der Waals surface area contributed by atoms with Crippen LogP contribution in [-0.4, -0.2) is 48.9 Å². The topological polar surface area (TPSA) is 56.4 Å². The van der Waals surface area contributed by atoms with Crippen molar-refractivity contribution in [2.75, 3.05) is 27.2 Å². The molecule has 2 rings (SSSR count). The molecule has 1 unspecified atom stereocenters. The minimum absolute atomic E-state index is 0.144. The molecule has 1 fully saturated rings. The molecule has 1 heterocycles. The number of aryl methyl sites for hydroxylation is 1. The van der Waals surface area contributed by atoms with Gasteiger partial charge in [0.15, 0.2) is 0 Å². The van der Waals surface area contributed by atoms with Crippen LogP contribution >= 0.6 is 0 Å². The van der Waals surface area contributed by atoms with E-state index in [1.54, 1.807) is 0 Å². The van der Waals surface area contributed by atoms with Crippen LogP contribution < -0.4 is 5.73 Å². The number of nitrogens with two attached hydrogens (primary N) is 1. The van der Waals surface area contributed by atoms with Gasteiger partial charge in [0.2, 0.25) is 0 Å². The van der Waals surface area contributed by atoms with Crippen molar-refractivity contribution in [2.24, 2.45) is 5.73 Å². The zero-order valence-corrected chi connectivity index (χ0v) is 12.8. The summed E-state index contributed by atoms with van der Waals surface area (Å²) in [5.41, 5.74) is 8.92. The summed E-state index contributed by atoms with van der Waals surface area (Å²) < 4.78 is 0. The van der Waals surface area contributed by atoms with Crippen molar-refractivity contribution in [3.8, 4) is 0 Å². The monoisotopic (exact) mass is 274 g/mol. The molecule has 20 heavy (non-hydrogen) atoms. The van der Waals surface area contributed by atoms with Crippen molar-refractivity contribution in [3.63, 3.8) is 0 Å². The molecular weight excluding hydrogens is 248 g/mol. The number of likely N-dealkylation sites (N-methyl/N-ethyl adjacent to an activating group) is 1. The summed E-state index contributed by atoms with van der Waals surface area (Å²) in [5, 5.41) is 7.49. The van der Waals surface area contributed by atoms with E-state index in [4.69, 9.17) is 11.1 Å². The smallest absolute Gasteiger partial charge is 0.122 e. The number of hydrogen-bond donors (Lipinski definition) is 2. The molecule has 1 aliphatic rings. The summed E-state index contributed by atoms with van der Waals surface area (Å²) in [4.78, 5) is 4.86. The van der Waals surface area contributed by atoms with Gasteiger partial charge in [0.25, 0.3) is 0 Å². The number of nitrogens with zero attached hydrogens (tertiary/aromatic N) is 2. The fourth-order valence-corrected chi connectivity index (χ4v) is 2.88. The van der Waals surface area contributed by atoms with E-state index in [2.05, 4.69) is 36.9 Å². The molecule has 4 heteroatoms. The first-order chi connectivity index (χ1) is 9.47. The Balaban J connectivity index is 2.04. The van der Waals surface area contributed by atoms with Gasteiger partial charge in [0, 0.05) is 24.7 Å². The number of hydrogen-bond acceptors (Lipinski definition) is 3. The molecule has 0 spiro atoms. The summed E-state index contributed by atoms with van der Waals surface area (Å²) in [5.74, 6) is 0.144. The fourth-order valence-electron chi connectivity index (χ4n) is 2.88. The minimum atomic E-state index is 0.144. The standard InChI is InChI=1S/C16H26N4/c1-12-9-13(16(17)18)6-7-14(12)10-20-8-4-5-15(11-20)19(2)3/h6-7,9,15H,4-5,8,10-11H2,1-3H3,(H3,17,18). The molecule has 1 aromatic carbocycles. The summed E-state index contributed by atoms with van der Waals surface area (Å²) in [6.07, 6.45) is 2.57. The number of nitrogens with one attached hydrogen (secondary N) is 1. The second kappa shape index (κ2) is 6.37. The number of likely N-dealkylation sites (tertiary alicyclic amines) is 1. The largest absolute Gasteiger partial charge is 0.384 e. The van der Waals surface area contributed by atoms with Crippen molar-refractivity contribution < 1.29 is 0 Å². The average Bonchev–Trinajstić information content (AvgIpc) is 2.41. The highest BCUT2D eigenvalue weighted by molar-refractivity contribution is 5.95. The maximum absolute atomic E-state index is 7.49. The van der Waals surface area contributed by atoms with E-state index < -0.39 is 0 Å². The Morgan fingerprint density at radius 1 is 1.45 bits per heavy atom. The molecule has 0 bridgehead atoms. The van der Waals surface area contributed by atoms with Crippen molar-refractivity contribution in [1.29, 1.82) is 5.41 Å². The van der Waals surface area contributed by atoms with Gasteiger partial charge in [0.05, 0.1) is 0 Å². The van der Waals surface area contributed by atoms with Crippen LogP contribution in [0.2, 0.25) is 0 Å². The maximum Gasteiger partial charge on any atom is 0.122 e. The molecule has 1 saturated heterocycles. The zero-order valence-electron chi connectivity index (χ0n) is 12.8. The normalized spacial score (nSPS) is 20.3. The van der Waals surface area contributed by atoms with Crippen LogP contribution in [0.15, 0.2) is 18.2 Å². The quantitative estimate of drug-likeness (QED) is 0.650. The second-order valence-corrected chi connectivity index (χ2v) is 6.05. The van der Waals surface area contributed by atoms with E-state index in [9.17, 15) is 0 Å². The lowest BCUT2D eigenvalue weighted by atomic mass is 10.0. The van der Waals surface area contributed by atoms with Gasteiger partial charge in [-0.15, -0.1) is 0 Å². The molecule has 110 valence electrons. The number of benzene rings is 1. The van der Waals surface area contributed by atoms with Crippen LogP contribution in [0.4, 0.5) is 0 Å². The lowest BCUT2D eigenvalue weighted by molar-refractivity contribution is 0.128. The molecule has 1 aromatic rings. The lowest BCUT2D eigenvalue weighted by Gasteiger charge is -2.36. The van der Waals surface area contributed by atoms with Gasteiger partial charge >= 0.3 is 0 Å². The molecule has 0 aliphatic carbocycles. The Hall–Kier alpha value is -1.39. The molecule has 1 aliphatic heterocycles. The Morgan fingerprint density at radius 3 is 2.80 bits per heavy atom. The molecule has 3 N–H and O–H groups in total.